The first-order chi connectivity index (χ1) is 14.6. The summed E-state index contributed by atoms with van der Waals surface area (Å²) in [5.74, 6) is -2.48. The molecule has 3 fully saturated rings. The van der Waals surface area contributed by atoms with Crippen molar-refractivity contribution in [1.29, 1.82) is 0 Å². The van der Waals surface area contributed by atoms with Crippen LogP contribution in [0.1, 0.15) is 40.0 Å². The molecule has 2 unspecified atom stereocenters. The van der Waals surface area contributed by atoms with Crippen molar-refractivity contribution in [2.75, 3.05) is 26.3 Å². The van der Waals surface area contributed by atoms with Crippen molar-refractivity contribution < 1.29 is 29.0 Å². The largest absolute Gasteiger partial charge is 0.461 e. The predicted molar refractivity (Wildman–Crippen MR) is 114 cm³/mol. The number of amides is 2. The minimum atomic E-state index is -1.06. The number of hydrogen-bond acceptors (Lipinski definition) is 6. The number of hydrogen-bond donors (Lipinski definition) is 1. The number of rotatable bonds is 9. The average molecular weight is 435 g/mol. The Balaban J connectivity index is 2.02. The van der Waals surface area contributed by atoms with Gasteiger partial charge in [-0.2, -0.15) is 0 Å². The van der Waals surface area contributed by atoms with E-state index in [0.717, 1.165) is 0 Å². The van der Waals surface area contributed by atoms with Gasteiger partial charge in [0.25, 0.3) is 0 Å². The van der Waals surface area contributed by atoms with Crippen LogP contribution in [-0.4, -0.2) is 82.3 Å². The molecule has 3 rings (SSSR count). The highest BCUT2D eigenvalue weighted by Gasteiger charge is 2.75. The first-order valence-electron chi connectivity index (χ1n) is 10.9. The van der Waals surface area contributed by atoms with E-state index in [-0.39, 0.29) is 31.6 Å². The molecule has 5 atom stereocenters. The van der Waals surface area contributed by atoms with Gasteiger partial charge in [0.1, 0.15) is 18.2 Å². The highest BCUT2D eigenvalue weighted by atomic mass is 16.6. The van der Waals surface area contributed by atoms with Crippen LogP contribution >= 0.6 is 0 Å². The van der Waals surface area contributed by atoms with E-state index in [1.807, 2.05) is 20.8 Å². The average Bonchev–Trinajstić information content (AvgIpc) is 3.34. The lowest BCUT2D eigenvalue weighted by molar-refractivity contribution is -0.155. The van der Waals surface area contributed by atoms with Crippen molar-refractivity contribution in [3.63, 3.8) is 0 Å². The summed E-state index contributed by atoms with van der Waals surface area (Å²) < 4.78 is 11.6. The Hall–Kier alpha value is -2.19. The van der Waals surface area contributed by atoms with Crippen molar-refractivity contribution in [3.05, 3.63) is 25.3 Å². The smallest absolute Gasteiger partial charge is 0.312 e. The van der Waals surface area contributed by atoms with Crippen molar-refractivity contribution in [2.45, 2.75) is 63.3 Å². The van der Waals surface area contributed by atoms with E-state index >= 15 is 0 Å². The molecule has 0 aliphatic carbocycles. The SMILES string of the molecule is C=CCOC(=O)[C@@H]1[C@@H]2CCC3(O2)C(C(=O)N(CC=C)C(C)(C)C)N(CCCO)C(=O)[C@H]13. The van der Waals surface area contributed by atoms with Crippen LogP contribution in [0.25, 0.3) is 0 Å². The Kier molecular flexibility index (Phi) is 6.62. The van der Waals surface area contributed by atoms with Gasteiger partial charge in [-0.3, -0.25) is 14.4 Å². The number of ether oxygens (including phenoxy) is 2. The molecule has 0 aromatic rings. The highest BCUT2D eigenvalue weighted by molar-refractivity contribution is 5.98. The third-order valence-electron chi connectivity index (χ3n) is 6.59. The topological polar surface area (TPSA) is 96.4 Å². The minimum Gasteiger partial charge on any atom is -0.461 e. The fraction of sp³-hybridized carbons (Fsp3) is 0.696. The molecule has 8 nitrogen and oxygen atoms in total. The first kappa shape index (κ1) is 23.5. The number of fused-ring (bicyclic) bond motifs is 1. The maximum atomic E-state index is 13.9. The molecule has 172 valence electrons. The van der Waals surface area contributed by atoms with Gasteiger partial charge >= 0.3 is 5.97 Å². The van der Waals surface area contributed by atoms with Crippen molar-refractivity contribution >= 4 is 17.8 Å². The van der Waals surface area contributed by atoms with Gasteiger partial charge in [0.2, 0.25) is 11.8 Å². The fourth-order valence-electron chi connectivity index (χ4n) is 5.39. The molecule has 8 heteroatoms. The molecule has 3 aliphatic heterocycles. The summed E-state index contributed by atoms with van der Waals surface area (Å²) in [4.78, 5) is 43.5. The second kappa shape index (κ2) is 8.74. The Morgan fingerprint density at radius 1 is 1.35 bits per heavy atom. The zero-order valence-corrected chi connectivity index (χ0v) is 18.7. The summed E-state index contributed by atoms with van der Waals surface area (Å²) in [6, 6.07) is -0.849. The van der Waals surface area contributed by atoms with Crippen LogP contribution < -0.4 is 0 Å². The Morgan fingerprint density at radius 2 is 2.06 bits per heavy atom. The molecular formula is C23H34N2O6. The molecule has 3 saturated heterocycles. The standard InChI is InChI=1S/C23H34N2O6/c1-6-11-25(22(3,4)5)20(28)18-23-10-9-15(31-23)16(21(29)30-14-7-2)17(23)19(27)24(18)12-8-13-26/h6-7,15-18,26H,1-2,8-14H2,3-5H3/t15-,16+,17-,18?,23?/m0/s1. The number of likely N-dealkylation sites (tertiary alicyclic amines) is 1. The van der Waals surface area contributed by atoms with Gasteiger partial charge in [0.15, 0.2) is 0 Å². The second-order valence-corrected chi connectivity index (χ2v) is 9.49. The lowest BCUT2D eigenvalue weighted by Gasteiger charge is -2.42. The molecule has 1 spiro atoms. The molecule has 2 bridgehead atoms. The van der Waals surface area contributed by atoms with E-state index in [0.29, 0.717) is 25.8 Å². The zero-order valence-electron chi connectivity index (χ0n) is 18.7. The summed E-state index contributed by atoms with van der Waals surface area (Å²) in [6.45, 7) is 13.6. The number of carbonyl (C=O) groups is 3. The molecule has 0 aromatic carbocycles. The van der Waals surface area contributed by atoms with Gasteiger partial charge in [-0.1, -0.05) is 18.7 Å². The molecule has 3 aliphatic rings. The number of carbonyl (C=O) groups excluding carboxylic acids is 3. The van der Waals surface area contributed by atoms with Crippen LogP contribution in [0.15, 0.2) is 25.3 Å². The lowest BCUT2D eigenvalue weighted by atomic mass is 9.70. The van der Waals surface area contributed by atoms with Gasteiger partial charge in [0, 0.05) is 25.2 Å². The van der Waals surface area contributed by atoms with Gasteiger partial charge in [0.05, 0.1) is 17.9 Å². The van der Waals surface area contributed by atoms with E-state index in [1.165, 1.54) is 11.0 Å². The molecular weight excluding hydrogens is 400 g/mol. The molecule has 1 N–H and O–H groups in total. The van der Waals surface area contributed by atoms with E-state index < -0.39 is 41.1 Å². The molecule has 2 amide bonds. The predicted octanol–water partition coefficient (Wildman–Crippen LogP) is 1.29. The summed E-state index contributed by atoms with van der Waals surface area (Å²) >= 11 is 0. The highest BCUT2D eigenvalue weighted by Crippen LogP contribution is 2.59. The molecule has 0 radical (unpaired) electrons. The van der Waals surface area contributed by atoms with Crippen LogP contribution in [0.4, 0.5) is 0 Å². The van der Waals surface area contributed by atoms with E-state index in [1.54, 1.807) is 11.0 Å². The quantitative estimate of drug-likeness (QED) is 0.434. The summed E-state index contributed by atoms with van der Waals surface area (Å²) in [5.41, 5.74) is -1.55. The third-order valence-corrected chi connectivity index (χ3v) is 6.59. The fourth-order valence-corrected chi connectivity index (χ4v) is 5.39. The van der Waals surface area contributed by atoms with Gasteiger partial charge in [-0.15, -0.1) is 6.58 Å². The Bertz CT molecular complexity index is 760. The van der Waals surface area contributed by atoms with Gasteiger partial charge in [-0.05, 0) is 40.0 Å². The normalized spacial score (nSPS) is 31.5. The van der Waals surface area contributed by atoms with Crippen LogP contribution in [-0.2, 0) is 23.9 Å². The Labute approximate surface area is 183 Å². The first-order valence-corrected chi connectivity index (χ1v) is 10.9. The maximum Gasteiger partial charge on any atom is 0.312 e. The lowest BCUT2D eigenvalue weighted by Crippen LogP contribution is -2.60. The van der Waals surface area contributed by atoms with Crippen molar-refractivity contribution in [1.82, 2.24) is 9.80 Å². The number of nitrogens with zero attached hydrogens (tertiary/aromatic N) is 2. The summed E-state index contributed by atoms with van der Waals surface area (Å²) in [6.07, 6.45) is 4.15. The zero-order chi connectivity index (χ0) is 23.0. The second-order valence-electron chi connectivity index (χ2n) is 9.49. The van der Waals surface area contributed by atoms with Crippen LogP contribution in [0, 0.1) is 11.8 Å². The van der Waals surface area contributed by atoms with Crippen LogP contribution in [0.2, 0.25) is 0 Å². The monoisotopic (exact) mass is 434 g/mol. The van der Waals surface area contributed by atoms with Crippen LogP contribution in [0.3, 0.4) is 0 Å². The molecule has 0 aromatic heterocycles. The van der Waals surface area contributed by atoms with E-state index in [9.17, 15) is 19.5 Å². The number of aliphatic hydroxyl groups is 1. The van der Waals surface area contributed by atoms with E-state index in [4.69, 9.17) is 9.47 Å². The van der Waals surface area contributed by atoms with Crippen molar-refractivity contribution in [3.8, 4) is 0 Å². The minimum absolute atomic E-state index is 0.0592. The molecule has 3 heterocycles. The Morgan fingerprint density at radius 3 is 2.65 bits per heavy atom. The molecule has 0 saturated carbocycles. The summed E-state index contributed by atoms with van der Waals surface area (Å²) in [5, 5.41) is 9.37. The van der Waals surface area contributed by atoms with E-state index in [2.05, 4.69) is 13.2 Å². The number of esters is 1. The summed E-state index contributed by atoms with van der Waals surface area (Å²) in [7, 11) is 0. The number of aliphatic hydroxyl groups excluding tert-OH is 1. The maximum absolute atomic E-state index is 13.9. The third kappa shape index (κ3) is 3.80. The van der Waals surface area contributed by atoms with Gasteiger partial charge in [-0.25, -0.2) is 0 Å². The van der Waals surface area contributed by atoms with Crippen LogP contribution in [0.5, 0.6) is 0 Å². The van der Waals surface area contributed by atoms with Crippen molar-refractivity contribution in [2.24, 2.45) is 11.8 Å². The molecule has 31 heavy (non-hydrogen) atoms. The van der Waals surface area contributed by atoms with Gasteiger partial charge < -0.3 is 24.4 Å².